The molecule has 0 bridgehead atoms. The van der Waals surface area contributed by atoms with Crippen LogP contribution in [0.2, 0.25) is 5.02 Å². The second-order valence-electron chi connectivity index (χ2n) is 19.1. The maximum Gasteiger partial charge on any atom is 0.293 e. The molecule has 0 radical (unpaired) electrons. The van der Waals surface area contributed by atoms with Gasteiger partial charge < -0.3 is 30.4 Å². The lowest BCUT2D eigenvalue weighted by atomic mass is 9.71. The van der Waals surface area contributed by atoms with Crippen LogP contribution in [0.15, 0.2) is 112 Å². The predicted molar refractivity (Wildman–Crippen MR) is 281 cm³/mol. The monoisotopic (exact) mass is 1020 g/mol. The Labute approximate surface area is 422 Å². The molecule has 3 heterocycles. The topological polar surface area (TPSA) is 164 Å². The van der Waals surface area contributed by atoms with Crippen molar-refractivity contribution in [3.8, 4) is 0 Å². The number of amides is 1. The van der Waals surface area contributed by atoms with Crippen LogP contribution in [0.5, 0.6) is 0 Å². The number of anilines is 2. The molecule has 14 nitrogen and oxygen atoms in total. The summed E-state index contributed by atoms with van der Waals surface area (Å²) < 4.78 is 29.3. The standard InChI is InChI=1S/C51H65ClN8O6S2.ClH/c1-51(37-58-27-22-53-23-28-58)21-17-47(38-7-11-41(52)12-8-38)40(34-51)35-57-29-31-59(32-30-57)43-13-9-39(10-14-43)50(62)55-68(65,66)46-15-16-48(49(33-46)60(63)64)54-42(36-67-45-5-3-2-4-6-45)18-24-56-25-19-44(61)20-26-56;/h2-16,33,42,44,53-54,61H,17-32,34-37H2,1H3,(H,55,62);1H. The minimum atomic E-state index is -4.47. The summed E-state index contributed by atoms with van der Waals surface area (Å²) >= 11 is 7.93. The van der Waals surface area contributed by atoms with Crippen LogP contribution >= 0.6 is 35.8 Å². The minimum absolute atomic E-state index is 0. The molecule has 0 saturated carbocycles. The molecule has 8 rings (SSSR count). The fraction of sp³-hybridized carbons (Fsp3) is 0.471. The van der Waals surface area contributed by atoms with Gasteiger partial charge in [-0.1, -0.05) is 54.4 Å². The molecule has 69 heavy (non-hydrogen) atoms. The zero-order valence-corrected chi connectivity index (χ0v) is 42.6. The first-order valence-corrected chi connectivity index (χ1v) is 26.8. The van der Waals surface area contributed by atoms with E-state index in [0.29, 0.717) is 25.0 Å². The lowest BCUT2D eigenvalue weighted by Crippen LogP contribution is -2.49. The van der Waals surface area contributed by atoms with Gasteiger partial charge in [-0.05, 0) is 116 Å². The molecule has 4 aromatic rings. The Balaban J connectivity index is 0.00000703. The fourth-order valence-electron chi connectivity index (χ4n) is 10.1. The molecule has 0 aromatic heterocycles. The third-order valence-electron chi connectivity index (χ3n) is 13.9. The van der Waals surface area contributed by atoms with Gasteiger partial charge in [-0.3, -0.25) is 19.8 Å². The van der Waals surface area contributed by atoms with Crippen molar-refractivity contribution in [2.24, 2.45) is 5.41 Å². The minimum Gasteiger partial charge on any atom is -0.393 e. The zero-order chi connectivity index (χ0) is 47.7. The van der Waals surface area contributed by atoms with Crippen molar-refractivity contribution in [1.82, 2.24) is 24.7 Å². The summed E-state index contributed by atoms with van der Waals surface area (Å²) in [5, 5.41) is 29.9. The number of sulfonamides is 1. The van der Waals surface area contributed by atoms with Crippen LogP contribution in [0.3, 0.4) is 0 Å². The number of nitro benzene ring substituents is 1. The second-order valence-corrected chi connectivity index (χ2v) is 22.3. The van der Waals surface area contributed by atoms with Crippen LogP contribution < -0.4 is 20.3 Å². The number of rotatable bonds is 18. The van der Waals surface area contributed by atoms with E-state index in [0.717, 1.165) is 126 Å². The van der Waals surface area contributed by atoms with Crippen molar-refractivity contribution in [2.45, 2.75) is 67.4 Å². The lowest BCUT2D eigenvalue weighted by Gasteiger charge is -2.43. The highest BCUT2D eigenvalue weighted by molar-refractivity contribution is 7.99. The number of piperidine rings is 1. The molecular formula is C51H66Cl2N8O6S2. The number of piperazine rings is 2. The fourth-order valence-corrected chi connectivity index (χ4v) is 12.2. The summed E-state index contributed by atoms with van der Waals surface area (Å²) in [5.41, 5.74) is 5.34. The molecule has 4 aliphatic rings. The van der Waals surface area contributed by atoms with E-state index < -0.39 is 26.5 Å². The number of hydrogen-bond donors (Lipinski definition) is 4. The van der Waals surface area contributed by atoms with Crippen LogP contribution in [-0.4, -0.2) is 142 Å². The third kappa shape index (κ3) is 14.4. The first-order chi connectivity index (χ1) is 32.8. The average Bonchev–Trinajstić information content (AvgIpc) is 3.34. The largest absolute Gasteiger partial charge is 0.393 e. The maximum absolute atomic E-state index is 13.6. The highest BCUT2D eigenvalue weighted by atomic mass is 35.5. The summed E-state index contributed by atoms with van der Waals surface area (Å²) in [6, 6.07) is 28.6. The molecule has 3 fully saturated rings. The molecule has 3 aliphatic heterocycles. The quantitative estimate of drug-likeness (QED) is 0.0433. The summed E-state index contributed by atoms with van der Waals surface area (Å²) in [6.45, 7) is 14.4. The Morgan fingerprint density at radius 1 is 0.913 bits per heavy atom. The summed E-state index contributed by atoms with van der Waals surface area (Å²) in [7, 11) is -4.47. The van der Waals surface area contributed by atoms with Crippen LogP contribution in [-0.2, 0) is 10.0 Å². The van der Waals surface area contributed by atoms with E-state index in [2.05, 4.69) is 54.0 Å². The van der Waals surface area contributed by atoms with E-state index in [1.807, 2.05) is 54.6 Å². The van der Waals surface area contributed by atoms with Gasteiger partial charge in [0.2, 0.25) is 0 Å². The summed E-state index contributed by atoms with van der Waals surface area (Å²) in [4.78, 5) is 35.6. The third-order valence-corrected chi connectivity index (χ3v) is 16.7. The van der Waals surface area contributed by atoms with Crippen LogP contribution in [0, 0.1) is 15.5 Å². The number of carbonyl (C=O) groups is 1. The van der Waals surface area contributed by atoms with Gasteiger partial charge in [-0.25, -0.2) is 13.1 Å². The van der Waals surface area contributed by atoms with Crippen LogP contribution in [0.1, 0.15) is 61.4 Å². The smallest absolute Gasteiger partial charge is 0.293 e. The van der Waals surface area contributed by atoms with Crippen molar-refractivity contribution in [1.29, 1.82) is 0 Å². The van der Waals surface area contributed by atoms with Gasteiger partial charge in [0.1, 0.15) is 5.69 Å². The molecule has 4 aromatic carbocycles. The lowest BCUT2D eigenvalue weighted by molar-refractivity contribution is -0.384. The first kappa shape index (κ1) is 52.6. The molecule has 2 unspecified atom stereocenters. The van der Waals surface area contributed by atoms with Crippen molar-refractivity contribution >= 4 is 74.3 Å². The Morgan fingerprint density at radius 3 is 2.29 bits per heavy atom. The Morgan fingerprint density at radius 2 is 1.61 bits per heavy atom. The van der Waals surface area contributed by atoms with E-state index in [9.17, 15) is 28.4 Å². The number of nitrogens with zero attached hydrogens (tertiary/aromatic N) is 5. The molecule has 3 saturated heterocycles. The molecule has 18 heteroatoms. The maximum atomic E-state index is 13.6. The number of allylic oxidation sites excluding steroid dienone is 1. The SMILES string of the molecule is CC1(CN2CCNCC2)CCC(c2ccc(Cl)cc2)=C(CN2CCN(c3ccc(C(=O)NS(=O)(=O)c4ccc(NC(CCN5CCC(O)CC5)CSc5ccccc5)c([N+](=O)[O-])c4)cc3)CC2)C1.Cl. The van der Waals surface area contributed by atoms with Gasteiger partial charge in [0.05, 0.1) is 15.9 Å². The molecule has 4 N–H and O–H groups in total. The number of aliphatic hydroxyl groups excluding tert-OH is 1. The Hall–Kier alpha value is -4.23. The number of likely N-dealkylation sites (tertiary alicyclic amines) is 1. The summed E-state index contributed by atoms with van der Waals surface area (Å²) in [6.07, 6.45) is 5.09. The van der Waals surface area contributed by atoms with E-state index in [1.165, 1.54) is 28.8 Å². The number of thioether (sulfide) groups is 1. The van der Waals surface area contributed by atoms with Gasteiger partial charge in [-0.2, -0.15) is 0 Å². The molecule has 1 amide bonds. The molecule has 1 aliphatic carbocycles. The predicted octanol–water partition coefficient (Wildman–Crippen LogP) is 7.88. The number of nitrogens with one attached hydrogen (secondary N) is 3. The zero-order valence-electron chi connectivity index (χ0n) is 39.4. The van der Waals surface area contributed by atoms with Gasteiger partial charge in [0.15, 0.2) is 0 Å². The number of halogens is 2. The van der Waals surface area contributed by atoms with Gasteiger partial charge in [-0.15, -0.1) is 24.2 Å². The Bertz CT molecular complexity index is 2480. The normalized spacial score (nSPS) is 20.5. The number of hydrogen-bond acceptors (Lipinski definition) is 13. The number of benzene rings is 4. The molecule has 0 spiro atoms. The van der Waals surface area contributed by atoms with E-state index >= 15 is 0 Å². The van der Waals surface area contributed by atoms with Crippen LogP contribution in [0.4, 0.5) is 17.1 Å². The Kier molecular flexibility index (Phi) is 18.5. The van der Waals surface area contributed by atoms with Gasteiger partial charge >= 0.3 is 0 Å². The number of aliphatic hydroxyl groups is 1. The highest BCUT2D eigenvalue weighted by Gasteiger charge is 2.35. The van der Waals surface area contributed by atoms with Gasteiger partial charge in [0, 0.05) is 124 Å². The molecule has 2 atom stereocenters. The summed E-state index contributed by atoms with van der Waals surface area (Å²) in [5.74, 6) is -0.207. The van der Waals surface area contributed by atoms with Crippen molar-refractivity contribution in [3.63, 3.8) is 0 Å². The first-order valence-electron chi connectivity index (χ1n) is 24.0. The molecular weight excluding hydrogens is 956 g/mol. The average molecular weight is 1020 g/mol. The second kappa shape index (κ2) is 24.3. The van der Waals surface area contributed by atoms with Crippen molar-refractivity contribution in [2.75, 3.05) is 101 Å². The van der Waals surface area contributed by atoms with Crippen LogP contribution in [0.25, 0.3) is 5.57 Å². The van der Waals surface area contributed by atoms with E-state index in [4.69, 9.17) is 11.6 Å². The molecule has 372 valence electrons. The number of carbonyl (C=O) groups excluding carboxylic acids is 1. The highest BCUT2D eigenvalue weighted by Crippen LogP contribution is 2.44. The number of nitro groups is 1. The van der Waals surface area contributed by atoms with Crippen molar-refractivity contribution in [3.05, 3.63) is 129 Å². The van der Waals surface area contributed by atoms with Gasteiger partial charge in [0.25, 0.3) is 21.6 Å². The van der Waals surface area contributed by atoms with Crippen molar-refractivity contribution < 1.29 is 23.2 Å². The van der Waals surface area contributed by atoms with E-state index in [1.54, 1.807) is 23.9 Å². The van der Waals surface area contributed by atoms with E-state index in [-0.39, 0.29) is 46.1 Å².